The van der Waals surface area contributed by atoms with Crippen molar-refractivity contribution >= 4 is 24.8 Å². The first kappa shape index (κ1) is 8.81. The van der Waals surface area contributed by atoms with Crippen LogP contribution < -0.4 is 0 Å². The summed E-state index contributed by atoms with van der Waals surface area (Å²) in [4.78, 5) is 9.84. The predicted octanol–water partition coefficient (Wildman–Crippen LogP) is 0.389. The van der Waals surface area contributed by atoms with Gasteiger partial charge in [-0.15, -0.1) is 0 Å². The van der Waals surface area contributed by atoms with E-state index in [2.05, 4.69) is 0 Å². The van der Waals surface area contributed by atoms with Crippen molar-refractivity contribution in [2.75, 3.05) is 0 Å². The quantitative estimate of drug-likeness (QED) is 0.422. The number of carbonyl (C=O) groups is 1. The number of rotatable bonds is 2. The molecule has 1 aliphatic carbocycles. The molecule has 1 N–H and O–H groups in total. The first-order chi connectivity index (χ1) is 3.79. The number of hydrogen-bond donors (Lipinski definition) is 1. The maximum atomic E-state index is 9.84. The van der Waals surface area contributed by atoms with Gasteiger partial charge in [0.15, 0.2) is 0 Å². The van der Waals surface area contributed by atoms with Crippen molar-refractivity contribution in [1.29, 1.82) is 0 Å². The van der Waals surface area contributed by atoms with Gasteiger partial charge in [0.1, 0.15) is 0 Å². The van der Waals surface area contributed by atoms with Crippen LogP contribution in [0.4, 0.5) is 0 Å². The summed E-state index contributed by atoms with van der Waals surface area (Å²) in [6.07, 6.45) is 5.31. The van der Waals surface area contributed by atoms with Gasteiger partial charge in [-0.2, -0.15) is 0 Å². The average Bonchev–Trinajstić information content (AvgIpc) is 2.41. The Morgan fingerprint density at radius 3 is 2.44 bits per heavy atom. The summed E-state index contributed by atoms with van der Waals surface area (Å²) < 4.78 is 0. The molecule has 1 rings (SSSR count). The predicted molar refractivity (Wildman–Crippen MR) is 36.6 cm³/mol. The van der Waals surface area contributed by atoms with Crippen molar-refractivity contribution in [2.24, 2.45) is 5.92 Å². The van der Waals surface area contributed by atoms with Gasteiger partial charge in [0.25, 0.3) is 0 Å². The number of aliphatic carboxylic acids is 1. The maximum absolute atomic E-state index is 9.84. The van der Waals surface area contributed by atoms with Gasteiger partial charge in [0.05, 0.1) is 0 Å². The minimum atomic E-state index is -0.836. The molecule has 0 unspecified atom stereocenters. The Morgan fingerprint density at radius 2 is 2.11 bits per heavy atom. The Balaban J connectivity index is 0.000000640. The molecule has 0 bridgehead atoms. The van der Waals surface area contributed by atoms with Gasteiger partial charge in [-0.05, 0) is 18.8 Å². The Labute approximate surface area is 66.1 Å². The third kappa shape index (κ3) is 4.32. The fourth-order valence-electron chi connectivity index (χ4n) is 0.507. The van der Waals surface area contributed by atoms with Crippen LogP contribution >= 0.6 is 0 Å². The summed E-state index contributed by atoms with van der Waals surface area (Å²) >= 11 is 0. The van der Waals surface area contributed by atoms with Crippen molar-refractivity contribution in [3.63, 3.8) is 0 Å². The van der Waals surface area contributed by atoms with E-state index < -0.39 is 5.97 Å². The van der Waals surface area contributed by atoms with Crippen LogP contribution in [-0.4, -0.2) is 29.9 Å². The molecule has 3 heteroatoms. The fraction of sp³-hybridized carbons (Fsp3) is 0.500. The van der Waals surface area contributed by atoms with Gasteiger partial charge >= 0.3 is 24.8 Å². The van der Waals surface area contributed by atoms with E-state index in [-0.39, 0.29) is 18.9 Å². The molecule has 0 amide bonds. The zero-order chi connectivity index (χ0) is 5.98. The van der Waals surface area contributed by atoms with Gasteiger partial charge in [0.2, 0.25) is 0 Å². The topological polar surface area (TPSA) is 37.3 Å². The molecule has 2 nitrogen and oxygen atoms in total. The average molecular weight is 120 g/mol. The summed E-state index contributed by atoms with van der Waals surface area (Å²) in [5.41, 5.74) is 0. The second kappa shape index (κ2) is 3.76. The van der Waals surface area contributed by atoms with Crippen LogP contribution in [0, 0.1) is 5.92 Å². The van der Waals surface area contributed by atoms with Crippen LogP contribution in [0.15, 0.2) is 12.2 Å². The third-order valence-corrected chi connectivity index (χ3v) is 1.13. The Kier molecular flexibility index (Phi) is 3.68. The second-order valence-corrected chi connectivity index (χ2v) is 2.03. The molecule has 1 aliphatic rings. The molecule has 0 spiro atoms. The minimum absolute atomic E-state index is 0. The van der Waals surface area contributed by atoms with Crippen LogP contribution in [0.5, 0.6) is 0 Å². The van der Waals surface area contributed by atoms with Crippen molar-refractivity contribution in [1.82, 2.24) is 0 Å². The van der Waals surface area contributed by atoms with Crippen LogP contribution in [-0.2, 0) is 4.79 Å². The van der Waals surface area contributed by atoms with Crippen LogP contribution in [0.25, 0.3) is 0 Å². The molecule has 0 heterocycles. The van der Waals surface area contributed by atoms with E-state index in [9.17, 15) is 4.79 Å². The van der Waals surface area contributed by atoms with Crippen molar-refractivity contribution in [3.05, 3.63) is 12.2 Å². The fourth-order valence-corrected chi connectivity index (χ4v) is 0.507. The first-order valence-corrected chi connectivity index (χ1v) is 2.70. The molecule has 9 heavy (non-hydrogen) atoms. The van der Waals surface area contributed by atoms with E-state index in [0.29, 0.717) is 5.92 Å². The molecule has 1 saturated carbocycles. The van der Waals surface area contributed by atoms with E-state index in [1.54, 1.807) is 6.08 Å². The Bertz CT molecular complexity index is 127. The number of allylic oxidation sites excluding steroid dienone is 1. The van der Waals surface area contributed by atoms with Gasteiger partial charge in [-0.25, -0.2) is 4.79 Å². The number of hydrogen-bond acceptors (Lipinski definition) is 1. The normalized spacial score (nSPS) is 17.3. The molecule has 0 saturated heterocycles. The van der Waals surface area contributed by atoms with Crippen LogP contribution in [0.1, 0.15) is 12.8 Å². The standard InChI is InChI=1S/C6H8O2.Li.H/c7-6(8)4-3-5-1-2-5;;/h3-5H,1-2H2,(H,7,8);;/b4-3+;;. The molecule has 0 aromatic rings. The van der Waals surface area contributed by atoms with Gasteiger partial charge < -0.3 is 5.11 Å². The summed E-state index contributed by atoms with van der Waals surface area (Å²) in [7, 11) is 0. The molecule has 0 atom stereocenters. The molecule has 0 aliphatic heterocycles. The molecule has 0 radical (unpaired) electrons. The van der Waals surface area contributed by atoms with Gasteiger partial charge in [-0.3, -0.25) is 0 Å². The molecule has 0 aromatic heterocycles. The monoisotopic (exact) mass is 120 g/mol. The van der Waals surface area contributed by atoms with E-state index in [0.717, 1.165) is 0 Å². The van der Waals surface area contributed by atoms with E-state index in [1.807, 2.05) is 0 Å². The first-order valence-electron chi connectivity index (χ1n) is 2.70. The number of carboxylic acid groups (broad SMARTS) is 1. The second-order valence-electron chi connectivity index (χ2n) is 2.03. The van der Waals surface area contributed by atoms with Crippen molar-refractivity contribution in [3.8, 4) is 0 Å². The zero-order valence-electron chi connectivity index (χ0n) is 4.50. The molecular formula is C6H9LiO2. The van der Waals surface area contributed by atoms with Gasteiger partial charge in [0, 0.05) is 6.08 Å². The zero-order valence-corrected chi connectivity index (χ0v) is 4.50. The molecule has 46 valence electrons. The number of carboxylic acids is 1. The van der Waals surface area contributed by atoms with Crippen LogP contribution in [0.2, 0.25) is 0 Å². The van der Waals surface area contributed by atoms with Gasteiger partial charge in [-0.1, -0.05) is 6.08 Å². The summed E-state index contributed by atoms with van der Waals surface area (Å²) in [5, 5.41) is 8.10. The van der Waals surface area contributed by atoms with Crippen molar-refractivity contribution in [2.45, 2.75) is 12.8 Å². The van der Waals surface area contributed by atoms with E-state index >= 15 is 0 Å². The van der Waals surface area contributed by atoms with E-state index in [1.165, 1.54) is 18.9 Å². The van der Waals surface area contributed by atoms with Crippen molar-refractivity contribution < 1.29 is 9.90 Å². The molecule has 1 fully saturated rings. The summed E-state index contributed by atoms with van der Waals surface area (Å²) in [6, 6.07) is 0. The molecular weight excluding hydrogens is 111 g/mol. The third-order valence-electron chi connectivity index (χ3n) is 1.13. The SMILES string of the molecule is O=C(O)/C=C/C1CC1.[LiH]. The Morgan fingerprint density at radius 1 is 1.56 bits per heavy atom. The summed E-state index contributed by atoms with van der Waals surface area (Å²) in [5.74, 6) is -0.261. The summed E-state index contributed by atoms with van der Waals surface area (Å²) in [6.45, 7) is 0. The Hall–Kier alpha value is -0.193. The molecule has 0 aromatic carbocycles. The van der Waals surface area contributed by atoms with Crippen LogP contribution in [0.3, 0.4) is 0 Å². The van der Waals surface area contributed by atoms with E-state index in [4.69, 9.17) is 5.11 Å².